The molecule has 0 radical (unpaired) electrons. The fourth-order valence-corrected chi connectivity index (χ4v) is 4.12. The van der Waals surface area contributed by atoms with Crippen LogP contribution in [-0.2, 0) is 29.1 Å². The second-order valence-electron chi connectivity index (χ2n) is 8.09. The lowest BCUT2D eigenvalue weighted by molar-refractivity contribution is -0.151. The van der Waals surface area contributed by atoms with Gasteiger partial charge in [0.1, 0.15) is 6.04 Å². The number of carbonyl (C=O) groups excluding carboxylic acids is 2. The van der Waals surface area contributed by atoms with Gasteiger partial charge in [0.05, 0.1) is 20.5 Å². The molecule has 0 aliphatic carbocycles. The van der Waals surface area contributed by atoms with E-state index in [0.717, 1.165) is 11.1 Å². The summed E-state index contributed by atoms with van der Waals surface area (Å²) in [5.74, 6) is 0.716. The molecule has 1 amide bonds. The number of nitrogens with zero attached hydrogens (tertiary/aromatic N) is 3. The molecule has 10 heteroatoms. The van der Waals surface area contributed by atoms with Crippen molar-refractivity contribution in [3.05, 3.63) is 83.6 Å². The first kappa shape index (κ1) is 23.2. The van der Waals surface area contributed by atoms with Crippen LogP contribution in [0.5, 0.6) is 11.5 Å². The average Bonchev–Trinajstić information content (AvgIpc) is 3.63. The summed E-state index contributed by atoms with van der Waals surface area (Å²) in [6.07, 6.45) is 1.74. The molecular weight excluding hydrogens is 466 g/mol. The fraction of sp³-hybridized carbons (Fsp3) is 0.231. The summed E-state index contributed by atoms with van der Waals surface area (Å²) in [6, 6.07) is 15.3. The molecule has 3 heterocycles. The topological polar surface area (TPSA) is 117 Å². The highest BCUT2D eigenvalue weighted by molar-refractivity contribution is 5.95. The van der Waals surface area contributed by atoms with Crippen molar-refractivity contribution in [2.24, 2.45) is 0 Å². The lowest BCUT2D eigenvalue weighted by Gasteiger charge is -2.34. The second kappa shape index (κ2) is 9.95. The van der Waals surface area contributed by atoms with Crippen molar-refractivity contribution in [2.75, 3.05) is 14.2 Å². The summed E-state index contributed by atoms with van der Waals surface area (Å²) in [7, 11) is 3.08. The summed E-state index contributed by atoms with van der Waals surface area (Å²) in [5, 5.41) is 3.96. The van der Waals surface area contributed by atoms with Gasteiger partial charge in [-0.05, 0) is 41.5 Å². The smallest absolute Gasteiger partial charge is 0.329 e. The zero-order chi connectivity index (χ0) is 25.1. The minimum atomic E-state index is -0.828. The molecule has 0 saturated carbocycles. The van der Waals surface area contributed by atoms with Crippen LogP contribution < -0.4 is 9.47 Å². The van der Waals surface area contributed by atoms with Gasteiger partial charge in [0.15, 0.2) is 23.9 Å². The van der Waals surface area contributed by atoms with E-state index in [1.807, 2.05) is 24.3 Å². The van der Waals surface area contributed by atoms with E-state index in [2.05, 4.69) is 10.1 Å². The molecule has 1 unspecified atom stereocenters. The minimum absolute atomic E-state index is 0.119. The Labute approximate surface area is 206 Å². The standard InChI is InChI=1S/C26H23N3O7/c1-32-20-10-9-17(13-22(20)33-2)24-27-23(36-28-24)15-35-26(31)19-12-16-6-3-4-7-18(16)14-29(19)25(30)21-8-5-11-34-21/h3-11,13,19H,12,14-15H2,1-2H3. The Kier molecular flexibility index (Phi) is 6.40. The molecule has 2 aromatic heterocycles. The number of hydrogen-bond donors (Lipinski definition) is 0. The van der Waals surface area contributed by atoms with Crippen molar-refractivity contribution >= 4 is 11.9 Å². The molecule has 184 valence electrons. The van der Waals surface area contributed by atoms with Crippen LogP contribution in [0.2, 0.25) is 0 Å². The van der Waals surface area contributed by atoms with Gasteiger partial charge in [-0.15, -0.1) is 0 Å². The Morgan fingerprint density at radius 2 is 1.83 bits per heavy atom. The Morgan fingerprint density at radius 1 is 1.03 bits per heavy atom. The van der Waals surface area contributed by atoms with Crippen molar-refractivity contribution in [2.45, 2.75) is 25.6 Å². The van der Waals surface area contributed by atoms with Gasteiger partial charge in [-0.3, -0.25) is 4.79 Å². The van der Waals surface area contributed by atoms with Crippen LogP contribution >= 0.6 is 0 Å². The van der Waals surface area contributed by atoms with E-state index >= 15 is 0 Å². The number of carbonyl (C=O) groups is 2. The number of amides is 1. The molecule has 1 atom stereocenters. The molecule has 0 fully saturated rings. The van der Waals surface area contributed by atoms with E-state index in [0.29, 0.717) is 29.3 Å². The van der Waals surface area contributed by atoms with Crippen molar-refractivity contribution in [3.8, 4) is 22.9 Å². The molecule has 36 heavy (non-hydrogen) atoms. The van der Waals surface area contributed by atoms with E-state index < -0.39 is 12.0 Å². The highest BCUT2D eigenvalue weighted by Gasteiger charge is 2.37. The number of furan rings is 1. The Morgan fingerprint density at radius 3 is 2.58 bits per heavy atom. The number of fused-ring (bicyclic) bond motifs is 1. The van der Waals surface area contributed by atoms with E-state index in [9.17, 15) is 9.59 Å². The molecule has 0 saturated heterocycles. The molecule has 0 bridgehead atoms. The second-order valence-corrected chi connectivity index (χ2v) is 8.09. The van der Waals surface area contributed by atoms with E-state index in [4.69, 9.17) is 23.2 Å². The van der Waals surface area contributed by atoms with Crippen LogP contribution in [0.15, 0.2) is 69.8 Å². The van der Waals surface area contributed by atoms with Gasteiger partial charge in [0.2, 0.25) is 5.82 Å². The zero-order valence-corrected chi connectivity index (χ0v) is 19.7. The van der Waals surface area contributed by atoms with Gasteiger partial charge in [-0.1, -0.05) is 29.4 Å². The van der Waals surface area contributed by atoms with E-state index in [1.165, 1.54) is 18.3 Å². The summed E-state index contributed by atoms with van der Waals surface area (Å²) < 4.78 is 26.6. The van der Waals surface area contributed by atoms with Crippen LogP contribution in [0.3, 0.4) is 0 Å². The SMILES string of the molecule is COc1ccc(-c2noc(COC(=O)C3Cc4ccccc4CN3C(=O)c3ccco3)n2)cc1OC. The number of esters is 1. The summed E-state index contributed by atoms with van der Waals surface area (Å²) in [6.45, 7) is 0.0273. The van der Waals surface area contributed by atoms with Crippen molar-refractivity contribution < 1.29 is 32.7 Å². The Hall–Kier alpha value is -4.60. The Bertz CT molecular complexity index is 1380. The van der Waals surface area contributed by atoms with Gasteiger partial charge in [-0.2, -0.15) is 4.98 Å². The third kappa shape index (κ3) is 4.52. The monoisotopic (exact) mass is 489 g/mol. The minimum Gasteiger partial charge on any atom is -0.493 e. The predicted molar refractivity (Wildman–Crippen MR) is 125 cm³/mol. The molecular formula is C26H23N3O7. The Balaban J connectivity index is 1.31. The summed E-state index contributed by atoms with van der Waals surface area (Å²) in [5.41, 5.74) is 2.60. The van der Waals surface area contributed by atoms with Crippen LogP contribution in [0.25, 0.3) is 11.4 Å². The summed E-state index contributed by atoms with van der Waals surface area (Å²) in [4.78, 5) is 32.0. The third-order valence-corrected chi connectivity index (χ3v) is 5.96. The first-order chi connectivity index (χ1) is 17.6. The molecule has 1 aliphatic rings. The van der Waals surface area contributed by atoms with Crippen molar-refractivity contribution in [1.29, 1.82) is 0 Å². The quantitative estimate of drug-likeness (QED) is 0.359. The first-order valence-corrected chi connectivity index (χ1v) is 11.2. The number of hydrogen-bond acceptors (Lipinski definition) is 9. The van der Waals surface area contributed by atoms with E-state index in [-0.39, 0.29) is 30.7 Å². The number of rotatable bonds is 7. The van der Waals surface area contributed by atoms with E-state index in [1.54, 1.807) is 37.4 Å². The maximum absolute atomic E-state index is 13.1. The maximum Gasteiger partial charge on any atom is 0.329 e. The maximum atomic E-state index is 13.1. The van der Waals surface area contributed by atoms with Crippen molar-refractivity contribution in [3.63, 3.8) is 0 Å². The lowest BCUT2D eigenvalue weighted by atomic mass is 9.93. The normalized spacial score (nSPS) is 14.7. The number of aromatic nitrogens is 2. The largest absolute Gasteiger partial charge is 0.493 e. The molecule has 0 spiro atoms. The first-order valence-electron chi connectivity index (χ1n) is 11.2. The fourth-order valence-electron chi connectivity index (χ4n) is 4.12. The number of ether oxygens (including phenoxy) is 3. The molecule has 10 nitrogen and oxygen atoms in total. The van der Waals surface area contributed by atoms with Crippen LogP contribution in [0.4, 0.5) is 0 Å². The molecule has 2 aromatic carbocycles. The van der Waals surface area contributed by atoms with Gasteiger partial charge in [0, 0.05) is 18.5 Å². The number of benzene rings is 2. The van der Waals surface area contributed by atoms with Crippen LogP contribution in [-0.4, -0.2) is 47.2 Å². The molecule has 1 aliphatic heterocycles. The highest BCUT2D eigenvalue weighted by Crippen LogP contribution is 2.31. The van der Waals surface area contributed by atoms with Gasteiger partial charge in [0.25, 0.3) is 11.8 Å². The predicted octanol–water partition coefficient (Wildman–Crippen LogP) is 3.66. The number of methoxy groups -OCH3 is 2. The van der Waals surface area contributed by atoms with Gasteiger partial charge < -0.3 is 28.1 Å². The lowest BCUT2D eigenvalue weighted by Crippen LogP contribution is -2.49. The highest BCUT2D eigenvalue weighted by atomic mass is 16.6. The van der Waals surface area contributed by atoms with Crippen molar-refractivity contribution in [1.82, 2.24) is 15.0 Å². The zero-order valence-electron chi connectivity index (χ0n) is 19.7. The van der Waals surface area contributed by atoms with Crippen LogP contribution in [0, 0.1) is 0 Å². The molecule has 0 N–H and O–H groups in total. The van der Waals surface area contributed by atoms with Gasteiger partial charge >= 0.3 is 5.97 Å². The third-order valence-electron chi connectivity index (χ3n) is 5.96. The average molecular weight is 489 g/mol. The van der Waals surface area contributed by atoms with Gasteiger partial charge in [-0.25, -0.2) is 4.79 Å². The van der Waals surface area contributed by atoms with Crippen LogP contribution in [0.1, 0.15) is 27.6 Å². The molecule has 4 aromatic rings. The molecule has 5 rings (SSSR count). The summed E-state index contributed by atoms with van der Waals surface area (Å²) >= 11 is 0.